The van der Waals surface area contributed by atoms with Crippen LogP contribution in [-0.4, -0.2) is 53.2 Å². The molecule has 0 radical (unpaired) electrons. The molecule has 11 nitrogen and oxygen atoms in total. The number of sulfonamides is 2. The lowest BCUT2D eigenvalue weighted by Crippen LogP contribution is -2.66. The van der Waals surface area contributed by atoms with E-state index in [0.717, 1.165) is 32.4 Å². The fraction of sp³-hybridized carbons (Fsp3) is 0.151. The van der Waals surface area contributed by atoms with Crippen molar-refractivity contribution >= 4 is 83.1 Å². The first-order chi connectivity index (χ1) is 32.0. The van der Waals surface area contributed by atoms with Gasteiger partial charge < -0.3 is 14.1 Å². The van der Waals surface area contributed by atoms with E-state index >= 15 is 0 Å². The van der Waals surface area contributed by atoms with Gasteiger partial charge in [-0.05, 0) is 83.9 Å². The van der Waals surface area contributed by atoms with Crippen molar-refractivity contribution in [3.8, 4) is 11.4 Å². The maximum atomic E-state index is 14.7. The lowest BCUT2D eigenvalue weighted by atomic mass is 10.0. The summed E-state index contributed by atoms with van der Waals surface area (Å²) in [6.07, 6.45) is 0. The number of para-hydroxylation sites is 1. The maximum Gasteiger partial charge on any atom is 0.356 e. The molecule has 0 bridgehead atoms. The second-order valence-electron chi connectivity index (χ2n) is 17.6. The molecule has 0 aliphatic carbocycles. The number of anilines is 1. The second kappa shape index (κ2) is 17.4. The molecule has 0 unspecified atom stereocenters. The van der Waals surface area contributed by atoms with E-state index in [1.807, 2.05) is 80.6 Å². The topological polar surface area (TPSA) is 149 Å². The molecule has 0 saturated carbocycles. The van der Waals surface area contributed by atoms with Gasteiger partial charge >= 0.3 is 5.97 Å². The summed E-state index contributed by atoms with van der Waals surface area (Å²) in [5, 5.41) is 3.89. The van der Waals surface area contributed by atoms with Crippen LogP contribution in [0, 0.1) is 13.8 Å². The van der Waals surface area contributed by atoms with Gasteiger partial charge in [-0.1, -0.05) is 141 Å². The Kier molecular flexibility index (Phi) is 11.7. The third kappa shape index (κ3) is 8.09. The number of benzene rings is 6. The standard InChI is InChI=1S/C53H48N4O7S2Si/c1-35-21-27-40(28-22-35)65(59,60)57(66(61,62)41-29-23-36(2)24-30-41)39-26-25-37-31-38(34-64-67(53(3,4)5,42-15-9-7-10-16-42)43-17-11-8-12-18-43)49(55-47(37)32-39)51-50-45(33-48(56-51)52(58)63-6)44-19-13-14-20-46(44)54-50/h7-33,54H,34H2,1-6H3. The first-order valence-electron chi connectivity index (χ1n) is 21.7. The van der Waals surface area contributed by atoms with Crippen molar-refractivity contribution in [2.24, 2.45) is 0 Å². The number of esters is 1. The number of nitrogens with one attached hydrogen (secondary N) is 1. The molecule has 0 saturated heterocycles. The normalized spacial score (nSPS) is 12.4. The monoisotopic (exact) mass is 944 g/mol. The summed E-state index contributed by atoms with van der Waals surface area (Å²) in [7, 11) is -11.3. The number of aryl methyl sites for hydroxylation is 2. The summed E-state index contributed by atoms with van der Waals surface area (Å²) in [4.78, 5) is 26.7. The van der Waals surface area contributed by atoms with E-state index in [4.69, 9.17) is 19.1 Å². The molecule has 14 heteroatoms. The number of hydrogen-bond donors (Lipinski definition) is 1. The zero-order valence-corrected chi connectivity index (χ0v) is 40.4. The fourth-order valence-electron chi connectivity index (χ4n) is 8.82. The summed E-state index contributed by atoms with van der Waals surface area (Å²) in [5.41, 5.74) is 4.43. The van der Waals surface area contributed by atoms with Crippen LogP contribution >= 0.6 is 0 Å². The van der Waals surface area contributed by atoms with Gasteiger partial charge in [-0.15, -0.1) is 0 Å². The molecular formula is C53H48N4O7S2Si. The quantitative estimate of drug-likeness (QED) is 0.0933. The zero-order chi connectivity index (χ0) is 47.3. The van der Waals surface area contributed by atoms with Gasteiger partial charge in [0.25, 0.3) is 28.4 Å². The Morgan fingerprint density at radius 3 is 1.75 bits per heavy atom. The lowest BCUT2D eigenvalue weighted by molar-refractivity contribution is 0.0594. The largest absolute Gasteiger partial charge is 0.464 e. The highest BCUT2D eigenvalue weighted by Gasteiger charge is 2.50. The van der Waals surface area contributed by atoms with Crippen LogP contribution in [0.1, 0.15) is 48.0 Å². The molecule has 3 aromatic heterocycles. The average Bonchev–Trinajstić information content (AvgIpc) is 3.70. The molecule has 0 spiro atoms. The number of ether oxygens (including phenoxy) is 1. The second-order valence-corrected chi connectivity index (χ2v) is 25.7. The first kappa shape index (κ1) is 45.2. The molecule has 0 atom stereocenters. The number of rotatable bonds is 12. The highest BCUT2D eigenvalue weighted by atomic mass is 32.3. The van der Waals surface area contributed by atoms with Gasteiger partial charge in [0.1, 0.15) is 11.4 Å². The molecule has 0 fully saturated rings. The third-order valence-corrected chi connectivity index (χ3v) is 21.3. The van der Waals surface area contributed by atoms with Crippen LogP contribution in [0.5, 0.6) is 0 Å². The van der Waals surface area contributed by atoms with E-state index < -0.39 is 34.3 Å². The molecule has 9 rings (SSSR count). The number of aromatic nitrogens is 3. The number of hydrogen-bond acceptors (Lipinski definition) is 9. The van der Waals surface area contributed by atoms with Gasteiger partial charge in [0, 0.05) is 27.2 Å². The molecule has 0 amide bonds. The summed E-state index contributed by atoms with van der Waals surface area (Å²) in [6, 6.07) is 48.4. The Hall–Kier alpha value is -6.97. The molecule has 0 aliphatic heterocycles. The molecule has 1 N–H and O–H groups in total. The van der Waals surface area contributed by atoms with Crippen LogP contribution in [-0.2, 0) is 35.8 Å². The Labute approximate surface area is 391 Å². The number of H-pyrrole nitrogens is 1. The van der Waals surface area contributed by atoms with Crippen molar-refractivity contribution in [3.05, 3.63) is 186 Å². The molecular weight excluding hydrogens is 897 g/mol. The van der Waals surface area contributed by atoms with Gasteiger partial charge in [0.15, 0.2) is 0 Å². The molecule has 0 aliphatic rings. The first-order valence-corrected chi connectivity index (χ1v) is 26.4. The predicted octanol–water partition coefficient (Wildman–Crippen LogP) is 10.00. The number of fused-ring (bicyclic) bond motifs is 4. The van der Waals surface area contributed by atoms with E-state index in [1.54, 1.807) is 36.4 Å². The summed E-state index contributed by atoms with van der Waals surface area (Å²) < 4.78 is 72.1. The minimum absolute atomic E-state index is 0.0452. The van der Waals surface area contributed by atoms with Crippen LogP contribution in [0.25, 0.3) is 44.1 Å². The zero-order valence-electron chi connectivity index (χ0n) is 37.8. The molecule has 338 valence electrons. The SMILES string of the molecule is COC(=O)c1cc2c([nH]c3ccccc32)c(-c2nc3cc(N(S(=O)(=O)c4ccc(C)cc4)S(=O)(=O)c4ccc(C)cc4)ccc3cc2CO[Si](c2ccccc2)(c2ccccc2)C(C)(C)C)n1. The number of aromatic amines is 1. The van der Waals surface area contributed by atoms with E-state index in [2.05, 4.69) is 50.0 Å². The van der Waals surface area contributed by atoms with Crippen molar-refractivity contribution in [1.29, 1.82) is 0 Å². The van der Waals surface area contributed by atoms with Crippen molar-refractivity contribution in [2.45, 2.75) is 56.1 Å². The van der Waals surface area contributed by atoms with E-state index in [-0.39, 0.29) is 38.3 Å². The summed E-state index contributed by atoms with van der Waals surface area (Å²) in [6.45, 7) is 10.3. The van der Waals surface area contributed by atoms with Gasteiger partial charge in [0.05, 0.1) is 45.9 Å². The van der Waals surface area contributed by atoms with Gasteiger partial charge in [0.2, 0.25) is 0 Å². The summed E-state index contributed by atoms with van der Waals surface area (Å²) in [5.74, 6) is -0.653. The number of nitrogens with zero attached hydrogens (tertiary/aromatic N) is 3. The van der Waals surface area contributed by atoms with E-state index in [1.165, 1.54) is 43.5 Å². The Morgan fingerprint density at radius 2 is 1.19 bits per heavy atom. The Morgan fingerprint density at radius 1 is 0.642 bits per heavy atom. The number of carbonyl (C=O) groups excluding carboxylic acids is 1. The van der Waals surface area contributed by atoms with Crippen molar-refractivity contribution < 1.29 is 30.8 Å². The van der Waals surface area contributed by atoms with E-state index in [9.17, 15) is 21.6 Å². The van der Waals surface area contributed by atoms with Crippen molar-refractivity contribution in [1.82, 2.24) is 15.0 Å². The minimum atomic E-state index is -4.75. The van der Waals surface area contributed by atoms with Crippen LogP contribution in [0.2, 0.25) is 5.04 Å². The van der Waals surface area contributed by atoms with Crippen LogP contribution in [0.4, 0.5) is 5.69 Å². The molecule has 6 aromatic carbocycles. The third-order valence-electron chi connectivity index (χ3n) is 12.1. The van der Waals surface area contributed by atoms with E-state index in [0.29, 0.717) is 37.0 Å². The van der Waals surface area contributed by atoms with Gasteiger partial charge in [-0.25, -0.2) is 31.6 Å². The minimum Gasteiger partial charge on any atom is -0.464 e. The Bertz CT molecular complexity index is 3450. The van der Waals surface area contributed by atoms with Crippen LogP contribution in [0.15, 0.2) is 174 Å². The highest BCUT2D eigenvalue weighted by molar-refractivity contribution is 8.10. The van der Waals surface area contributed by atoms with Crippen LogP contribution < -0.4 is 14.1 Å². The maximum absolute atomic E-state index is 14.7. The fourth-order valence-corrected chi connectivity index (χ4v) is 17.0. The molecule has 9 aromatic rings. The number of methoxy groups -OCH3 is 1. The molecule has 3 heterocycles. The summed E-state index contributed by atoms with van der Waals surface area (Å²) >= 11 is 0. The van der Waals surface area contributed by atoms with Gasteiger partial charge in [-0.3, -0.25) is 0 Å². The van der Waals surface area contributed by atoms with Crippen LogP contribution in [0.3, 0.4) is 0 Å². The highest BCUT2D eigenvalue weighted by Crippen LogP contribution is 2.41. The lowest BCUT2D eigenvalue weighted by Gasteiger charge is -2.43. The smallest absolute Gasteiger partial charge is 0.356 e. The number of carbonyl (C=O) groups is 1. The van der Waals surface area contributed by atoms with Crippen molar-refractivity contribution in [3.63, 3.8) is 0 Å². The number of pyridine rings is 2. The average molecular weight is 945 g/mol. The molecule has 67 heavy (non-hydrogen) atoms. The Balaban J connectivity index is 1.31. The predicted molar refractivity (Wildman–Crippen MR) is 267 cm³/mol. The van der Waals surface area contributed by atoms with Gasteiger partial charge in [-0.2, -0.15) is 3.71 Å². The van der Waals surface area contributed by atoms with Crippen molar-refractivity contribution in [2.75, 3.05) is 10.8 Å².